The molecule has 0 unspecified atom stereocenters. The van der Waals surface area contributed by atoms with E-state index in [-0.39, 0.29) is 23.3 Å². The van der Waals surface area contributed by atoms with Gasteiger partial charge < -0.3 is 9.53 Å². The average Bonchev–Trinajstić information content (AvgIpc) is 3.14. The Morgan fingerprint density at radius 3 is 2.06 bits per heavy atom. The summed E-state index contributed by atoms with van der Waals surface area (Å²) in [6.07, 6.45) is 0.479. The Bertz CT molecular complexity index is 1380. The van der Waals surface area contributed by atoms with Crippen molar-refractivity contribution in [3.05, 3.63) is 101 Å². The standard InChI is InChI=1S/C29H23NO5/c1-16(2)35-28(34)19-11-5-8-14-22(19)30-26(32)24-23-17-9-3-6-12-20(17)29(15-31,25(24)27(30)33)21-13-7-4-10-18(21)23/h3-16,23-25H,1-2H3/t23?,24-,25-,29?/m1/s1. The Balaban J connectivity index is 1.57. The molecule has 0 aromatic heterocycles. The van der Waals surface area contributed by atoms with E-state index in [1.54, 1.807) is 38.1 Å². The predicted octanol–water partition coefficient (Wildman–Crippen LogP) is 4.00. The third-order valence-electron chi connectivity index (χ3n) is 7.58. The van der Waals surface area contributed by atoms with Crippen molar-refractivity contribution in [3.8, 4) is 0 Å². The Labute approximate surface area is 202 Å². The summed E-state index contributed by atoms with van der Waals surface area (Å²) in [5, 5.41) is 0. The molecule has 1 fully saturated rings. The summed E-state index contributed by atoms with van der Waals surface area (Å²) in [5.74, 6) is -3.46. The molecule has 7 rings (SSSR count). The van der Waals surface area contributed by atoms with Gasteiger partial charge in [0.2, 0.25) is 11.8 Å². The maximum Gasteiger partial charge on any atom is 0.340 e. The van der Waals surface area contributed by atoms with E-state index < -0.39 is 35.0 Å². The Kier molecular flexibility index (Phi) is 4.58. The lowest BCUT2D eigenvalue weighted by atomic mass is 9.48. The van der Waals surface area contributed by atoms with E-state index in [2.05, 4.69) is 0 Å². The lowest BCUT2D eigenvalue weighted by molar-refractivity contribution is -0.128. The zero-order valence-corrected chi connectivity index (χ0v) is 19.3. The third-order valence-corrected chi connectivity index (χ3v) is 7.58. The highest BCUT2D eigenvalue weighted by Gasteiger charge is 2.68. The van der Waals surface area contributed by atoms with Crippen molar-refractivity contribution < 1.29 is 23.9 Å². The van der Waals surface area contributed by atoms with Crippen molar-refractivity contribution in [2.45, 2.75) is 31.3 Å². The van der Waals surface area contributed by atoms with Crippen LogP contribution < -0.4 is 4.90 Å². The number of hydrogen-bond acceptors (Lipinski definition) is 5. The highest BCUT2D eigenvalue weighted by atomic mass is 16.5. The number of hydrogen-bond donors (Lipinski definition) is 0. The van der Waals surface area contributed by atoms with Crippen LogP contribution in [0.5, 0.6) is 0 Å². The molecule has 0 spiro atoms. The number of carbonyl (C=O) groups is 4. The first-order valence-electron chi connectivity index (χ1n) is 11.7. The minimum Gasteiger partial charge on any atom is -0.459 e. The van der Waals surface area contributed by atoms with Crippen LogP contribution >= 0.6 is 0 Å². The Morgan fingerprint density at radius 1 is 0.886 bits per heavy atom. The molecule has 3 aromatic carbocycles. The molecule has 3 aliphatic carbocycles. The molecule has 4 aliphatic rings. The molecule has 2 bridgehead atoms. The van der Waals surface area contributed by atoms with Crippen LogP contribution in [0.3, 0.4) is 0 Å². The number of rotatable bonds is 4. The van der Waals surface area contributed by atoms with Crippen LogP contribution in [0.15, 0.2) is 72.8 Å². The third kappa shape index (κ3) is 2.65. The predicted molar refractivity (Wildman–Crippen MR) is 128 cm³/mol. The van der Waals surface area contributed by atoms with E-state index in [0.717, 1.165) is 33.4 Å². The molecule has 174 valence electrons. The molecule has 0 N–H and O–H groups in total. The van der Waals surface area contributed by atoms with Crippen LogP contribution in [0, 0.1) is 11.8 Å². The van der Waals surface area contributed by atoms with Crippen LogP contribution in [-0.4, -0.2) is 30.2 Å². The summed E-state index contributed by atoms with van der Waals surface area (Å²) in [6.45, 7) is 3.47. The van der Waals surface area contributed by atoms with Gasteiger partial charge in [-0.05, 0) is 48.2 Å². The minimum absolute atomic E-state index is 0.143. The smallest absolute Gasteiger partial charge is 0.340 e. The monoisotopic (exact) mass is 465 g/mol. The van der Waals surface area contributed by atoms with Gasteiger partial charge in [-0.3, -0.25) is 9.59 Å². The van der Waals surface area contributed by atoms with Crippen molar-refractivity contribution in [1.82, 2.24) is 0 Å². The van der Waals surface area contributed by atoms with E-state index in [4.69, 9.17) is 4.74 Å². The second-order valence-corrected chi connectivity index (χ2v) is 9.63. The van der Waals surface area contributed by atoms with E-state index >= 15 is 0 Å². The van der Waals surface area contributed by atoms with Crippen molar-refractivity contribution in [2.75, 3.05) is 4.90 Å². The highest BCUT2D eigenvalue weighted by Crippen LogP contribution is 2.63. The SMILES string of the molecule is CC(C)OC(=O)c1ccccc1N1C(=O)[C@@H]2C3c4ccccc4C(C=O)(c4ccccc43)[C@H]2C1=O. The molecule has 0 radical (unpaired) electrons. The first-order chi connectivity index (χ1) is 16.9. The topological polar surface area (TPSA) is 80.8 Å². The lowest BCUT2D eigenvalue weighted by Crippen LogP contribution is -2.54. The van der Waals surface area contributed by atoms with Crippen LogP contribution in [0.4, 0.5) is 5.69 Å². The quantitative estimate of drug-likeness (QED) is 0.331. The zero-order valence-electron chi connectivity index (χ0n) is 19.3. The van der Waals surface area contributed by atoms with Gasteiger partial charge in [0.1, 0.15) is 6.29 Å². The minimum atomic E-state index is -1.28. The molecule has 3 aromatic rings. The summed E-state index contributed by atoms with van der Waals surface area (Å²) < 4.78 is 5.38. The molecule has 1 saturated heterocycles. The molecule has 1 heterocycles. The molecule has 6 heteroatoms. The summed E-state index contributed by atoms with van der Waals surface area (Å²) in [6, 6.07) is 21.6. The lowest BCUT2D eigenvalue weighted by Gasteiger charge is -2.51. The van der Waals surface area contributed by atoms with Crippen LogP contribution in [0.1, 0.15) is 52.4 Å². The summed E-state index contributed by atoms with van der Waals surface area (Å²) in [5.41, 5.74) is 2.40. The molecule has 2 atom stereocenters. The summed E-state index contributed by atoms with van der Waals surface area (Å²) >= 11 is 0. The first kappa shape index (κ1) is 21.5. The van der Waals surface area contributed by atoms with Gasteiger partial charge in [0.15, 0.2) is 0 Å². The van der Waals surface area contributed by atoms with E-state index in [1.165, 1.54) is 0 Å². The fourth-order valence-corrected chi connectivity index (χ4v) is 6.39. The fraction of sp³-hybridized carbons (Fsp3) is 0.241. The van der Waals surface area contributed by atoms with Gasteiger partial charge in [0, 0.05) is 5.92 Å². The molecule has 6 nitrogen and oxygen atoms in total. The van der Waals surface area contributed by atoms with Gasteiger partial charge in [-0.2, -0.15) is 0 Å². The second-order valence-electron chi connectivity index (χ2n) is 9.63. The molecule has 35 heavy (non-hydrogen) atoms. The first-order valence-corrected chi connectivity index (χ1v) is 11.7. The Hall–Kier alpha value is -4.06. The number of imide groups is 1. The van der Waals surface area contributed by atoms with Crippen LogP contribution in [-0.2, 0) is 24.5 Å². The van der Waals surface area contributed by atoms with Crippen molar-refractivity contribution in [2.24, 2.45) is 11.8 Å². The van der Waals surface area contributed by atoms with Gasteiger partial charge in [0.25, 0.3) is 0 Å². The van der Waals surface area contributed by atoms with Crippen molar-refractivity contribution in [1.29, 1.82) is 0 Å². The molecular formula is C29H23NO5. The largest absolute Gasteiger partial charge is 0.459 e. The number of ether oxygens (including phenoxy) is 1. The summed E-state index contributed by atoms with van der Waals surface area (Å²) in [7, 11) is 0. The van der Waals surface area contributed by atoms with Crippen LogP contribution in [0.25, 0.3) is 0 Å². The van der Waals surface area contributed by atoms with E-state index in [0.29, 0.717) is 0 Å². The normalized spacial score (nSPS) is 25.8. The number of para-hydroxylation sites is 1. The van der Waals surface area contributed by atoms with Crippen molar-refractivity contribution >= 4 is 29.8 Å². The number of esters is 1. The van der Waals surface area contributed by atoms with Gasteiger partial charge in [-0.25, -0.2) is 9.69 Å². The van der Waals surface area contributed by atoms with E-state index in [9.17, 15) is 19.2 Å². The van der Waals surface area contributed by atoms with Gasteiger partial charge >= 0.3 is 5.97 Å². The fourth-order valence-electron chi connectivity index (χ4n) is 6.39. The number of anilines is 1. The van der Waals surface area contributed by atoms with Crippen molar-refractivity contribution in [3.63, 3.8) is 0 Å². The molecular weight excluding hydrogens is 442 g/mol. The second kappa shape index (κ2) is 7.47. The zero-order chi connectivity index (χ0) is 24.5. The maximum atomic E-state index is 14.1. The Morgan fingerprint density at radius 2 is 1.46 bits per heavy atom. The highest BCUT2D eigenvalue weighted by molar-refractivity contribution is 6.26. The number of benzene rings is 3. The number of aldehydes is 1. The number of amides is 2. The molecule has 1 aliphatic heterocycles. The van der Waals surface area contributed by atoms with Gasteiger partial charge in [-0.15, -0.1) is 0 Å². The molecule has 2 amide bonds. The van der Waals surface area contributed by atoms with E-state index in [1.807, 2.05) is 48.5 Å². The average molecular weight is 466 g/mol. The maximum absolute atomic E-state index is 14.1. The van der Waals surface area contributed by atoms with Crippen LogP contribution in [0.2, 0.25) is 0 Å². The molecule has 0 saturated carbocycles. The number of carbonyl (C=O) groups excluding carboxylic acids is 4. The van der Waals surface area contributed by atoms with Gasteiger partial charge in [0.05, 0.1) is 34.6 Å². The summed E-state index contributed by atoms with van der Waals surface area (Å²) in [4.78, 5) is 55.2. The van der Waals surface area contributed by atoms with Gasteiger partial charge in [-0.1, -0.05) is 60.7 Å². The number of nitrogens with zero attached hydrogens (tertiary/aromatic N) is 1.